The number of rotatable bonds is 9. The van der Waals surface area contributed by atoms with Gasteiger partial charge in [-0.05, 0) is 172 Å². The van der Waals surface area contributed by atoms with Crippen molar-refractivity contribution in [3.8, 4) is 56.6 Å². The van der Waals surface area contributed by atoms with Crippen molar-refractivity contribution < 1.29 is 32.3 Å². The molecule has 0 aliphatic carbocycles. The summed E-state index contributed by atoms with van der Waals surface area (Å²) in [4.78, 5) is 57.8. The third-order valence-electron chi connectivity index (χ3n) is 17.6. The van der Waals surface area contributed by atoms with Gasteiger partial charge >= 0.3 is 24.3 Å². The normalized spacial score (nSPS) is 12.8. The molecule has 6 aromatic carbocycles. The van der Waals surface area contributed by atoms with Crippen LogP contribution in [0.3, 0.4) is 0 Å². The maximum atomic E-state index is 13.4. The quantitative estimate of drug-likeness (QED) is 0.125. The lowest BCUT2D eigenvalue weighted by molar-refractivity contribution is -0.136. The van der Waals surface area contributed by atoms with E-state index in [2.05, 4.69) is 44.7 Å². The Morgan fingerprint density at radius 2 is 0.810 bits per heavy atom. The highest BCUT2D eigenvalue weighted by Crippen LogP contribution is 2.41. The molecule has 0 fully saturated rings. The average Bonchev–Trinajstić information content (AvgIpc) is 1.62. The monoisotopic (exact) mass is 1380 g/mol. The highest BCUT2D eigenvalue weighted by atomic mass is 35.5. The maximum Gasteiger partial charge on any atom is 0.418 e. The van der Waals surface area contributed by atoms with E-state index in [4.69, 9.17) is 43.2 Å². The third kappa shape index (κ3) is 14.1. The molecule has 19 nitrogen and oxygen atoms in total. The second-order valence-corrected chi connectivity index (χ2v) is 24.6. The zero-order valence-electron chi connectivity index (χ0n) is 54.8. The summed E-state index contributed by atoms with van der Waals surface area (Å²) in [5.74, 6) is 2.37. The zero-order valence-corrected chi connectivity index (χ0v) is 56.3. The maximum absolute atomic E-state index is 13.4. The van der Waals surface area contributed by atoms with Gasteiger partial charge in [0.15, 0.2) is 0 Å². The molecule has 0 atom stereocenters. The van der Waals surface area contributed by atoms with Crippen molar-refractivity contribution in [1.82, 2.24) is 54.9 Å². The van der Waals surface area contributed by atoms with Crippen molar-refractivity contribution >= 4 is 64.4 Å². The van der Waals surface area contributed by atoms with Crippen LogP contribution >= 0.6 is 23.2 Å². The minimum absolute atomic E-state index is 0.182. The number of nitrogens with one attached hydrogen (secondary N) is 3. The van der Waals surface area contributed by atoms with Gasteiger partial charge in [-0.3, -0.25) is 14.7 Å². The lowest BCUT2D eigenvalue weighted by Gasteiger charge is -2.23. The summed E-state index contributed by atoms with van der Waals surface area (Å²) in [7, 11) is 1.65. The lowest BCUT2D eigenvalue weighted by Crippen LogP contribution is -2.41. The number of anilines is 4. The number of carbonyl (C=O) groups is 3. The number of urea groups is 3. The Labute approximate surface area is 584 Å². The molecule has 12 aromatic rings. The molecule has 0 saturated carbocycles. The minimum Gasteiger partial charge on any atom is -0.497 e. The first-order valence-corrected chi connectivity index (χ1v) is 33.0. The number of benzene rings is 6. The molecule has 504 valence electrons. The SMILES string of the molecule is COc1ccc(-n2nc3c(c2C)CCN(C(=O)NCc2ccc(Cl)cc2)c2ncccc2-3)cc1.Cc1c2c(nn1-c1ccccc1)-c1cccnc1N(C(=O)NCc1ccc(Cl)cc1)CC2.Cc1c2c(nn1-c1ccccc1)-c1cccnc1N(C(=O)Nc1ccccc1C(F)(F)F)CC2. The van der Waals surface area contributed by atoms with E-state index in [1.165, 1.54) is 23.1 Å². The van der Waals surface area contributed by atoms with Crippen LogP contribution in [0.4, 0.5) is 50.7 Å². The van der Waals surface area contributed by atoms with E-state index >= 15 is 0 Å². The summed E-state index contributed by atoms with van der Waals surface area (Å²) < 4.78 is 51.3. The molecular weight excluding hydrogens is 1310 g/mol. The molecule has 24 heteroatoms. The van der Waals surface area contributed by atoms with Gasteiger partial charge in [0.1, 0.15) is 23.2 Å². The van der Waals surface area contributed by atoms with Crippen LogP contribution in [-0.4, -0.2) is 89.1 Å². The molecule has 0 unspecified atom stereocenters. The largest absolute Gasteiger partial charge is 0.497 e. The Kier molecular flexibility index (Phi) is 19.6. The molecule has 9 heterocycles. The van der Waals surface area contributed by atoms with E-state index in [9.17, 15) is 27.6 Å². The van der Waals surface area contributed by atoms with Crippen LogP contribution in [0.5, 0.6) is 5.75 Å². The molecule has 3 aliphatic rings. The van der Waals surface area contributed by atoms with Crippen LogP contribution in [0.1, 0.15) is 50.5 Å². The Hall–Kier alpha value is -11.6. The smallest absolute Gasteiger partial charge is 0.418 e. The van der Waals surface area contributed by atoms with Crippen LogP contribution < -0.4 is 35.4 Å². The number of para-hydroxylation sites is 3. The predicted molar refractivity (Wildman–Crippen MR) is 382 cm³/mol. The van der Waals surface area contributed by atoms with Crippen LogP contribution in [0.25, 0.3) is 50.8 Å². The lowest BCUT2D eigenvalue weighted by atomic mass is 10.1. The van der Waals surface area contributed by atoms with E-state index in [1.54, 1.807) is 41.6 Å². The molecule has 0 spiro atoms. The highest BCUT2D eigenvalue weighted by Gasteiger charge is 2.36. The molecule has 0 saturated heterocycles. The Morgan fingerprint density at radius 3 is 1.19 bits per heavy atom. The molecule has 3 N–H and O–H groups in total. The summed E-state index contributed by atoms with van der Waals surface area (Å²) in [6, 6.07) is 57.6. The van der Waals surface area contributed by atoms with Gasteiger partial charge < -0.3 is 20.7 Å². The van der Waals surface area contributed by atoms with Gasteiger partial charge in [-0.15, -0.1) is 0 Å². The van der Waals surface area contributed by atoms with E-state index in [0.717, 1.165) is 96.3 Å². The molecule has 6 amide bonds. The second-order valence-electron chi connectivity index (χ2n) is 23.7. The van der Waals surface area contributed by atoms with Crippen molar-refractivity contribution in [2.45, 2.75) is 59.3 Å². The standard InChI is InChI=1S/C26H24ClN5O2.C25H22ClN5O.C25H20F3N5O/c1-17-22-13-15-31(26(33)29-16-18-5-7-19(27)8-6-18)25-23(4-3-14-28-25)24(22)30-32(17)20-9-11-21(34-2)12-10-20;1-17-21-13-15-30(25(32)28-16-18-9-11-19(26)12-10-18)24-22(8-5-14-27-24)23(21)29-31(17)20-6-3-2-4-7-20;1-16-18-13-15-32(24(34)30-21-12-6-5-11-20(21)25(26,27)28)23-19(10-7-14-29-23)22(18)31-33(16)17-8-3-2-4-9-17/h3-12,14H,13,15-16H2,1-2H3,(H,29,33);2-12,14H,13,15-16H2,1H3,(H,28,32);2-12,14H,13,15H2,1H3,(H,30,34). The van der Waals surface area contributed by atoms with Gasteiger partial charge in [0.25, 0.3) is 0 Å². The Bertz CT molecular complexity index is 4950. The van der Waals surface area contributed by atoms with E-state index in [-0.39, 0.29) is 24.3 Å². The van der Waals surface area contributed by atoms with Crippen LogP contribution in [0.15, 0.2) is 213 Å². The number of ether oxygens (including phenoxy) is 1. The van der Waals surface area contributed by atoms with Gasteiger partial charge in [-0.2, -0.15) is 28.5 Å². The first-order valence-electron chi connectivity index (χ1n) is 32.2. The number of fused-ring (bicyclic) bond motifs is 9. The van der Waals surface area contributed by atoms with Crippen LogP contribution in [0.2, 0.25) is 10.0 Å². The van der Waals surface area contributed by atoms with Gasteiger partial charge in [-0.1, -0.05) is 96.0 Å². The number of pyridine rings is 3. The first kappa shape index (κ1) is 67.0. The zero-order chi connectivity index (χ0) is 69.6. The van der Waals surface area contributed by atoms with Crippen LogP contribution in [-0.2, 0) is 38.5 Å². The van der Waals surface area contributed by atoms with Gasteiger partial charge in [-0.25, -0.2) is 43.4 Å². The summed E-state index contributed by atoms with van der Waals surface area (Å²) in [5.41, 5.74) is 14.7. The summed E-state index contributed by atoms with van der Waals surface area (Å²) >= 11 is 11.9. The van der Waals surface area contributed by atoms with Gasteiger partial charge in [0, 0.05) is 112 Å². The number of alkyl halides is 3. The number of hydrogen-bond acceptors (Lipinski definition) is 10. The first-order chi connectivity index (χ1) is 48.5. The van der Waals surface area contributed by atoms with Crippen LogP contribution in [0, 0.1) is 20.8 Å². The van der Waals surface area contributed by atoms with Crippen molar-refractivity contribution in [1.29, 1.82) is 0 Å². The number of nitrogens with zero attached hydrogens (tertiary/aromatic N) is 12. The van der Waals surface area contributed by atoms with Crippen molar-refractivity contribution in [2.24, 2.45) is 0 Å². The number of halogens is 5. The van der Waals surface area contributed by atoms with Crippen molar-refractivity contribution in [3.05, 3.63) is 273 Å². The van der Waals surface area contributed by atoms with E-state index < -0.39 is 17.8 Å². The summed E-state index contributed by atoms with van der Waals surface area (Å²) in [5, 5.41) is 24.5. The van der Waals surface area contributed by atoms with Crippen molar-refractivity contribution in [3.63, 3.8) is 0 Å². The topological polar surface area (TPSA) is 198 Å². The summed E-state index contributed by atoms with van der Waals surface area (Å²) in [6.45, 7) is 8.17. The van der Waals surface area contributed by atoms with Gasteiger partial charge in [0.05, 0.1) is 52.5 Å². The molecular formula is C76H66Cl2F3N15O4. The molecule has 0 bridgehead atoms. The molecule has 3 aliphatic heterocycles. The average molecular weight is 1380 g/mol. The molecule has 15 rings (SSSR count). The fourth-order valence-electron chi connectivity index (χ4n) is 12.5. The third-order valence-corrected chi connectivity index (χ3v) is 18.1. The van der Waals surface area contributed by atoms with E-state index in [1.807, 2.05) is 185 Å². The van der Waals surface area contributed by atoms with Crippen molar-refractivity contribution in [2.75, 3.05) is 46.8 Å². The summed E-state index contributed by atoms with van der Waals surface area (Å²) in [6.07, 6.45) is 2.21. The predicted octanol–water partition coefficient (Wildman–Crippen LogP) is 16.2. The fourth-order valence-corrected chi connectivity index (χ4v) is 12.8. The highest BCUT2D eigenvalue weighted by molar-refractivity contribution is 6.30. The van der Waals surface area contributed by atoms with Gasteiger partial charge in [0.2, 0.25) is 0 Å². The molecule has 100 heavy (non-hydrogen) atoms. The number of aromatic nitrogens is 9. The number of methoxy groups -OCH3 is 1. The number of hydrogen-bond donors (Lipinski definition) is 3. The molecule has 0 radical (unpaired) electrons. The fraction of sp³-hybridized carbons (Fsp3) is 0.171. The minimum atomic E-state index is -4.59. The number of amides is 6. The molecule has 6 aromatic heterocycles. The van der Waals surface area contributed by atoms with E-state index in [0.29, 0.717) is 84.2 Å². The Balaban J connectivity index is 0.000000134. The Morgan fingerprint density at radius 1 is 0.450 bits per heavy atom. The number of carbonyl (C=O) groups excluding carboxylic acids is 3. The second kappa shape index (κ2) is 29.2.